The van der Waals surface area contributed by atoms with Gasteiger partial charge < -0.3 is 10.0 Å². The lowest BCUT2D eigenvalue weighted by molar-refractivity contribution is -0.139. The molecule has 1 aromatic carbocycles. The molecule has 0 amide bonds. The van der Waals surface area contributed by atoms with Gasteiger partial charge in [-0.05, 0) is 25.3 Å². The molecule has 0 bridgehead atoms. The first-order valence-corrected chi connectivity index (χ1v) is 8.22. The molecule has 2 heterocycles. The van der Waals surface area contributed by atoms with E-state index in [2.05, 4.69) is 5.10 Å². The number of carboxylic acid groups (broad SMARTS) is 1. The Kier molecular flexibility index (Phi) is 4.50. The maximum atomic E-state index is 11.5. The predicted molar refractivity (Wildman–Crippen MR) is 91.3 cm³/mol. The number of hydrogen-bond donors (Lipinski definition) is 1. The predicted octanol–water partition coefficient (Wildman–Crippen LogP) is 3.84. The van der Waals surface area contributed by atoms with Crippen LogP contribution in [0.2, 0.25) is 10.0 Å². The fourth-order valence-corrected chi connectivity index (χ4v) is 3.42. The molecular formula is C16H17Cl2N3O2. The molecule has 1 fully saturated rings. The summed E-state index contributed by atoms with van der Waals surface area (Å²) >= 11 is 12.3. The zero-order valence-electron chi connectivity index (χ0n) is 12.7. The Morgan fingerprint density at radius 1 is 1.35 bits per heavy atom. The van der Waals surface area contributed by atoms with E-state index in [1.165, 1.54) is 0 Å². The van der Waals surface area contributed by atoms with Crippen molar-refractivity contribution in [2.24, 2.45) is 7.05 Å². The second-order valence-corrected chi connectivity index (χ2v) is 6.44. The van der Waals surface area contributed by atoms with Crippen molar-refractivity contribution in [3.8, 4) is 11.3 Å². The molecule has 1 unspecified atom stereocenters. The summed E-state index contributed by atoms with van der Waals surface area (Å²) in [7, 11) is 1.81. The Hall–Kier alpha value is -1.72. The van der Waals surface area contributed by atoms with Gasteiger partial charge in [-0.25, -0.2) is 4.79 Å². The molecule has 1 aliphatic rings. The van der Waals surface area contributed by atoms with Crippen molar-refractivity contribution in [3.63, 3.8) is 0 Å². The number of hydrogen-bond acceptors (Lipinski definition) is 3. The van der Waals surface area contributed by atoms with Gasteiger partial charge in [-0.1, -0.05) is 35.3 Å². The van der Waals surface area contributed by atoms with Gasteiger partial charge in [-0.2, -0.15) is 5.10 Å². The number of carboxylic acids is 1. The molecule has 0 aliphatic carbocycles. The molecule has 122 valence electrons. The van der Waals surface area contributed by atoms with Crippen molar-refractivity contribution >= 4 is 35.0 Å². The molecular weight excluding hydrogens is 337 g/mol. The molecule has 1 saturated heterocycles. The highest BCUT2D eigenvalue weighted by Crippen LogP contribution is 2.35. The van der Waals surface area contributed by atoms with E-state index in [0.717, 1.165) is 24.2 Å². The third-order valence-electron chi connectivity index (χ3n) is 4.16. The van der Waals surface area contributed by atoms with Crippen LogP contribution in [0.5, 0.6) is 0 Å². The normalized spacial score (nSPS) is 18.2. The molecule has 1 atom stereocenters. The van der Waals surface area contributed by atoms with E-state index >= 15 is 0 Å². The van der Waals surface area contributed by atoms with E-state index in [-0.39, 0.29) is 0 Å². The average molecular weight is 354 g/mol. The van der Waals surface area contributed by atoms with Crippen LogP contribution in [-0.4, -0.2) is 33.4 Å². The van der Waals surface area contributed by atoms with Gasteiger partial charge in [0.25, 0.3) is 0 Å². The first-order chi connectivity index (χ1) is 11.0. The van der Waals surface area contributed by atoms with Gasteiger partial charge >= 0.3 is 5.97 Å². The first-order valence-electron chi connectivity index (χ1n) is 7.47. The van der Waals surface area contributed by atoms with Crippen LogP contribution in [0.1, 0.15) is 19.3 Å². The molecule has 2 aromatic rings. The fourth-order valence-electron chi connectivity index (χ4n) is 3.02. The molecule has 5 nitrogen and oxygen atoms in total. The summed E-state index contributed by atoms with van der Waals surface area (Å²) in [5.41, 5.74) is 1.43. The van der Waals surface area contributed by atoms with Crippen molar-refractivity contribution in [1.82, 2.24) is 9.78 Å². The highest BCUT2D eigenvalue weighted by Gasteiger charge is 2.30. The van der Waals surface area contributed by atoms with E-state index in [4.69, 9.17) is 23.2 Å². The maximum absolute atomic E-state index is 11.5. The molecule has 3 rings (SSSR count). The molecule has 0 saturated carbocycles. The minimum Gasteiger partial charge on any atom is -0.480 e. The first kappa shape index (κ1) is 16.1. The van der Waals surface area contributed by atoms with Crippen molar-refractivity contribution in [2.45, 2.75) is 25.3 Å². The third kappa shape index (κ3) is 3.03. The number of rotatable bonds is 3. The topological polar surface area (TPSA) is 58.4 Å². The minimum atomic E-state index is -0.798. The molecule has 7 heteroatoms. The smallest absolute Gasteiger partial charge is 0.326 e. The van der Waals surface area contributed by atoms with Crippen LogP contribution in [0.3, 0.4) is 0 Å². The van der Waals surface area contributed by atoms with Crippen LogP contribution in [0.4, 0.5) is 5.82 Å². The zero-order chi connectivity index (χ0) is 16.6. The van der Waals surface area contributed by atoms with Crippen LogP contribution in [0.25, 0.3) is 11.3 Å². The average Bonchev–Trinajstić information content (AvgIpc) is 2.91. The number of piperidine rings is 1. The molecule has 23 heavy (non-hydrogen) atoms. The fraction of sp³-hybridized carbons (Fsp3) is 0.375. The zero-order valence-corrected chi connectivity index (χ0v) is 14.2. The van der Waals surface area contributed by atoms with Crippen molar-refractivity contribution in [3.05, 3.63) is 34.3 Å². The Labute approximate surface area is 144 Å². The summed E-state index contributed by atoms with van der Waals surface area (Å²) in [6.07, 6.45) is 2.55. The second kappa shape index (κ2) is 6.42. The number of aliphatic carboxylic acids is 1. The monoisotopic (exact) mass is 353 g/mol. The molecule has 1 aliphatic heterocycles. The summed E-state index contributed by atoms with van der Waals surface area (Å²) in [4.78, 5) is 13.4. The second-order valence-electron chi connectivity index (χ2n) is 5.66. The number of halogens is 2. The summed E-state index contributed by atoms with van der Waals surface area (Å²) in [5, 5.41) is 14.9. The highest BCUT2D eigenvalue weighted by molar-refractivity contribution is 6.43. The van der Waals surface area contributed by atoms with Gasteiger partial charge in [-0.3, -0.25) is 4.68 Å². The lowest BCUT2D eigenvalue weighted by Crippen LogP contribution is -2.45. The van der Waals surface area contributed by atoms with Crippen molar-refractivity contribution < 1.29 is 9.90 Å². The summed E-state index contributed by atoms with van der Waals surface area (Å²) < 4.78 is 1.70. The molecule has 1 aromatic heterocycles. The minimum absolute atomic E-state index is 0.451. The molecule has 0 spiro atoms. The van der Waals surface area contributed by atoms with Crippen LogP contribution in [0.15, 0.2) is 24.3 Å². The SMILES string of the molecule is Cn1nc(-c2cccc(Cl)c2Cl)cc1N1CCCCC1C(=O)O. The molecule has 0 radical (unpaired) electrons. The van der Waals surface area contributed by atoms with Crippen molar-refractivity contribution in [2.75, 3.05) is 11.4 Å². The standard InChI is InChI=1S/C16H17Cl2N3O2/c1-20-14(21-8-3-2-7-13(21)16(22)23)9-12(19-20)10-5-4-6-11(17)15(10)18/h4-6,9,13H,2-3,7-8H2,1H3,(H,22,23). The quantitative estimate of drug-likeness (QED) is 0.910. The maximum Gasteiger partial charge on any atom is 0.326 e. The number of aryl methyl sites for hydroxylation is 1. The Morgan fingerprint density at radius 3 is 2.87 bits per heavy atom. The van der Waals surface area contributed by atoms with Gasteiger partial charge in [-0.15, -0.1) is 0 Å². The van der Waals surface area contributed by atoms with Crippen LogP contribution in [0, 0.1) is 0 Å². The van der Waals surface area contributed by atoms with Crippen molar-refractivity contribution in [1.29, 1.82) is 0 Å². The summed E-state index contributed by atoms with van der Waals surface area (Å²) in [6.45, 7) is 0.708. The van der Waals surface area contributed by atoms with Crippen LogP contribution >= 0.6 is 23.2 Å². The largest absolute Gasteiger partial charge is 0.480 e. The number of anilines is 1. The van der Waals surface area contributed by atoms with Gasteiger partial charge in [0.1, 0.15) is 11.9 Å². The van der Waals surface area contributed by atoms with Gasteiger partial charge in [0, 0.05) is 25.2 Å². The van der Waals surface area contributed by atoms with Crippen LogP contribution < -0.4 is 4.90 Å². The van der Waals surface area contributed by atoms with E-state index in [9.17, 15) is 9.90 Å². The number of carbonyl (C=O) groups is 1. The summed E-state index contributed by atoms with van der Waals surface area (Å²) in [5.74, 6) is -0.0172. The Morgan fingerprint density at radius 2 is 2.13 bits per heavy atom. The lowest BCUT2D eigenvalue weighted by atomic mass is 10.0. The lowest BCUT2D eigenvalue weighted by Gasteiger charge is -2.34. The number of aromatic nitrogens is 2. The number of benzene rings is 1. The highest BCUT2D eigenvalue weighted by atomic mass is 35.5. The van der Waals surface area contributed by atoms with Crippen LogP contribution in [-0.2, 0) is 11.8 Å². The third-order valence-corrected chi connectivity index (χ3v) is 4.98. The van der Waals surface area contributed by atoms with E-state index in [1.807, 2.05) is 30.1 Å². The number of nitrogens with zero attached hydrogens (tertiary/aromatic N) is 3. The van der Waals surface area contributed by atoms with Gasteiger partial charge in [0.15, 0.2) is 0 Å². The Bertz CT molecular complexity index is 745. The van der Waals surface area contributed by atoms with Gasteiger partial charge in [0.05, 0.1) is 15.7 Å². The van der Waals surface area contributed by atoms with Gasteiger partial charge in [0.2, 0.25) is 0 Å². The van der Waals surface area contributed by atoms with E-state index in [0.29, 0.717) is 28.7 Å². The Balaban J connectivity index is 2.01. The van der Waals surface area contributed by atoms with E-state index in [1.54, 1.807) is 10.7 Å². The summed E-state index contributed by atoms with van der Waals surface area (Å²) in [6, 6.07) is 6.76. The van der Waals surface area contributed by atoms with E-state index < -0.39 is 12.0 Å². The molecule has 1 N–H and O–H groups in total.